The summed E-state index contributed by atoms with van der Waals surface area (Å²) in [7, 11) is 0. The Kier molecular flexibility index (Phi) is 4.58. The van der Waals surface area contributed by atoms with E-state index in [1.54, 1.807) is 10.9 Å². The zero-order valence-electron chi connectivity index (χ0n) is 11.5. The lowest BCUT2D eigenvalue weighted by atomic mass is 9.79. The minimum absolute atomic E-state index is 0.0254. The van der Waals surface area contributed by atoms with Gasteiger partial charge in [-0.05, 0) is 37.7 Å². The summed E-state index contributed by atoms with van der Waals surface area (Å²) >= 11 is 0. The maximum atomic E-state index is 11.7. The molecule has 2 rings (SSSR count). The zero-order valence-corrected chi connectivity index (χ0v) is 11.5. The third-order valence-electron chi connectivity index (χ3n) is 3.95. The van der Waals surface area contributed by atoms with Crippen molar-refractivity contribution in [2.24, 2.45) is 5.92 Å². The monoisotopic (exact) mass is 265 g/mol. The van der Waals surface area contributed by atoms with Crippen LogP contribution in [0, 0.1) is 5.92 Å². The van der Waals surface area contributed by atoms with Crippen molar-refractivity contribution in [3.63, 3.8) is 0 Å². The fraction of sp³-hybridized carbons (Fsp3) is 0.714. The summed E-state index contributed by atoms with van der Waals surface area (Å²) in [5, 5.41) is 17.2. The van der Waals surface area contributed by atoms with Crippen LogP contribution in [-0.2, 0) is 11.3 Å². The molecule has 5 nitrogen and oxygen atoms in total. The summed E-state index contributed by atoms with van der Waals surface area (Å²) < 4.78 is 1.73. The van der Waals surface area contributed by atoms with Crippen LogP contribution >= 0.6 is 0 Å². The van der Waals surface area contributed by atoms with Crippen molar-refractivity contribution in [3.8, 4) is 0 Å². The molecule has 1 aliphatic rings. The van der Waals surface area contributed by atoms with Crippen molar-refractivity contribution >= 4 is 5.91 Å². The molecule has 1 aliphatic carbocycles. The molecule has 0 aromatic carbocycles. The van der Waals surface area contributed by atoms with Gasteiger partial charge in [0, 0.05) is 31.9 Å². The third kappa shape index (κ3) is 4.35. The van der Waals surface area contributed by atoms with Gasteiger partial charge in [-0.25, -0.2) is 0 Å². The molecule has 0 atom stereocenters. The van der Waals surface area contributed by atoms with Gasteiger partial charge in [0.25, 0.3) is 0 Å². The number of nitrogens with one attached hydrogen (secondary N) is 1. The first-order chi connectivity index (χ1) is 9.07. The molecule has 1 amide bonds. The van der Waals surface area contributed by atoms with E-state index < -0.39 is 5.60 Å². The van der Waals surface area contributed by atoms with E-state index >= 15 is 0 Å². The number of aliphatic hydroxyl groups is 1. The van der Waals surface area contributed by atoms with E-state index in [2.05, 4.69) is 17.3 Å². The van der Waals surface area contributed by atoms with Gasteiger partial charge in [-0.15, -0.1) is 0 Å². The van der Waals surface area contributed by atoms with Crippen LogP contribution in [0.4, 0.5) is 0 Å². The first-order valence-electron chi connectivity index (χ1n) is 7.04. The lowest BCUT2D eigenvalue weighted by Crippen LogP contribution is -2.45. The number of hydrogen-bond donors (Lipinski definition) is 2. The molecule has 1 saturated carbocycles. The number of aromatic nitrogens is 2. The van der Waals surface area contributed by atoms with E-state index in [1.807, 2.05) is 12.3 Å². The second kappa shape index (κ2) is 6.19. The largest absolute Gasteiger partial charge is 0.388 e. The summed E-state index contributed by atoms with van der Waals surface area (Å²) in [5.41, 5.74) is -0.701. The normalized spacial score (nSPS) is 27.2. The van der Waals surface area contributed by atoms with Gasteiger partial charge >= 0.3 is 0 Å². The number of aryl methyl sites for hydroxylation is 1. The average Bonchev–Trinajstić information content (AvgIpc) is 2.91. The third-order valence-corrected chi connectivity index (χ3v) is 3.95. The Bertz CT molecular complexity index is 395. The molecule has 0 bridgehead atoms. The molecule has 0 radical (unpaired) electrons. The van der Waals surface area contributed by atoms with Gasteiger partial charge < -0.3 is 10.4 Å². The summed E-state index contributed by atoms with van der Waals surface area (Å²) in [6, 6.07) is 1.84. The van der Waals surface area contributed by atoms with Crippen LogP contribution in [-0.4, -0.2) is 32.9 Å². The van der Waals surface area contributed by atoms with E-state index in [9.17, 15) is 9.90 Å². The van der Waals surface area contributed by atoms with E-state index in [4.69, 9.17) is 0 Å². The van der Waals surface area contributed by atoms with Crippen LogP contribution < -0.4 is 5.32 Å². The molecule has 1 fully saturated rings. The number of rotatable bonds is 5. The van der Waals surface area contributed by atoms with Gasteiger partial charge in [0.2, 0.25) is 5.91 Å². The highest BCUT2D eigenvalue weighted by Crippen LogP contribution is 2.31. The second-order valence-electron chi connectivity index (χ2n) is 5.70. The van der Waals surface area contributed by atoms with Crippen LogP contribution in [0.3, 0.4) is 0 Å². The summed E-state index contributed by atoms with van der Waals surface area (Å²) in [5.74, 6) is 0.665. The standard InChI is InChI=1S/C14H23N3O2/c1-12-3-6-14(19,7-4-12)11-15-13(18)5-10-17-9-2-8-16-17/h2,8-9,12,19H,3-7,10-11H2,1H3,(H,15,18). The molecule has 106 valence electrons. The van der Waals surface area contributed by atoms with Crippen molar-refractivity contribution in [2.45, 2.75) is 51.2 Å². The second-order valence-corrected chi connectivity index (χ2v) is 5.70. The molecule has 19 heavy (non-hydrogen) atoms. The molecule has 0 unspecified atom stereocenters. The maximum Gasteiger partial charge on any atom is 0.221 e. The Balaban J connectivity index is 1.68. The predicted octanol–water partition coefficient (Wildman–Crippen LogP) is 1.33. The molecule has 1 aromatic rings. The van der Waals surface area contributed by atoms with Crippen molar-refractivity contribution < 1.29 is 9.90 Å². The molecule has 1 heterocycles. The van der Waals surface area contributed by atoms with Crippen molar-refractivity contribution in [2.75, 3.05) is 6.54 Å². The molecule has 2 N–H and O–H groups in total. The number of nitrogens with zero attached hydrogens (tertiary/aromatic N) is 2. The lowest BCUT2D eigenvalue weighted by Gasteiger charge is -2.34. The Morgan fingerprint density at radius 3 is 2.89 bits per heavy atom. The number of amides is 1. The Morgan fingerprint density at radius 1 is 1.53 bits per heavy atom. The Labute approximate surface area is 114 Å². The van der Waals surface area contributed by atoms with Gasteiger partial charge in [-0.3, -0.25) is 9.48 Å². The number of carbonyl (C=O) groups excluding carboxylic acids is 1. The topological polar surface area (TPSA) is 67.2 Å². The molecule has 0 saturated heterocycles. The van der Waals surface area contributed by atoms with Crippen molar-refractivity contribution in [1.82, 2.24) is 15.1 Å². The van der Waals surface area contributed by atoms with Crippen LogP contribution in [0.25, 0.3) is 0 Å². The zero-order chi connectivity index (χ0) is 13.7. The average molecular weight is 265 g/mol. The molecule has 0 aliphatic heterocycles. The molecular weight excluding hydrogens is 242 g/mol. The van der Waals surface area contributed by atoms with E-state index in [-0.39, 0.29) is 5.91 Å². The number of hydrogen-bond acceptors (Lipinski definition) is 3. The van der Waals surface area contributed by atoms with E-state index in [0.717, 1.165) is 25.7 Å². The predicted molar refractivity (Wildman–Crippen MR) is 72.4 cm³/mol. The first-order valence-corrected chi connectivity index (χ1v) is 7.04. The summed E-state index contributed by atoms with van der Waals surface area (Å²) in [4.78, 5) is 11.7. The Hall–Kier alpha value is -1.36. The van der Waals surface area contributed by atoms with Gasteiger partial charge in [0.1, 0.15) is 0 Å². The minimum Gasteiger partial charge on any atom is -0.388 e. The molecule has 5 heteroatoms. The van der Waals surface area contributed by atoms with Crippen molar-refractivity contribution in [3.05, 3.63) is 18.5 Å². The van der Waals surface area contributed by atoms with E-state index in [1.165, 1.54) is 0 Å². The van der Waals surface area contributed by atoms with E-state index in [0.29, 0.717) is 25.4 Å². The van der Waals surface area contributed by atoms with Crippen molar-refractivity contribution in [1.29, 1.82) is 0 Å². The minimum atomic E-state index is -0.701. The van der Waals surface area contributed by atoms with Gasteiger partial charge in [-0.2, -0.15) is 5.10 Å². The maximum absolute atomic E-state index is 11.7. The molecule has 1 aromatic heterocycles. The summed E-state index contributed by atoms with van der Waals surface area (Å²) in [6.07, 6.45) is 7.59. The highest BCUT2D eigenvalue weighted by molar-refractivity contribution is 5.75. The smallest absolute Gasteiger partial charge is 0.221 e. The van der Waals surface area contributed by atoms with Gasteiger partial charge in [0.15, 0.2) is 0 Å². The van der Waals surface area contributed by atoms with Gasteiger partial charge in [-0.1, -0.05) is 6.92 Å². The van der Waals surface area contributed by atoms with Crippen LogP contribution in [0.5, 0.6) is 0 Å². The van der Waals surface area contributed by atoms with Crippen LogP contribution in [0.15, 0.2) is 18.5 Å². The fourth-order valence-electron chi connectivity index (χ4n) is 2.48. The summed E-state index contributed by atoms with van der Waals surface area (Å²) in [6.45, 7) is 3.16. The van der Waals surface area contributed by atoms with Crippen LogP contribution in [0.2, 0.25) is 0 Å². The lowest BCUT2D eigenvalue weighted by molar-refractivity contribution is -0.123. The fourth-order valence-corrected chi connectivity index (χ4v) is 2.48. The Morgan fingerprint density at radius 2 is 2.26 bits per heavy atom. The highest BCUT2D eigenvalue weighted by Gasteiger charge is 2.31. The van der Waals surface area contributed by atoms with Crippen LogP contribution in [0.1, 0.15) is 39.0 Å². The first kappa shape index (κ1) is 14.1. The number of carbonyl (C=O) groups is 1. The molecule has 0 spiro atoms. The van der Waals surface area contributed by atoms with Gasteiger partial charge in [0.05, 0.1) is 5.60 Å². The SMILES string of the molecule is CC1CCC(O)(CNC(=O)CCn2cccn2)CC1. The quantitative estimate of drug-likeness (QED) is 0.844. The highest BCUT2D eigenvalue weighted by atomic mass is 16.3. The molecular formula is C14H23N3O2.